The third kappa shape index (κ3) is 3.91. The molecule has 0 fully saturated rings. The number of carbonyl (C=O) groups excluding carboxylic acids is 1. The van der Waals surface area contributed by atoms with Crippen molar-refractivity contribution in [3.8, 4) is 0 Å². The molecule has 136 valence electrons. The molecule has 0 aromatic carbocycles. The lowest BCUT2D eigenvalue weighted by Gasteiger charge is -2.08. The molecule has 0 saturated carbocycles. The highest BCUT2D eigenvalue weighted by Gasteiger charge is 2.17. The second kappa shape index (κ2) is 7.76. The van der Waals surface area contributed by atoms with Gasteiger partial charge in [0.05, 0.1) is 12.3 Å². The van der Waals surface area contributed by atoms with Crippen LogP contribution < -0.4 is 0 Å². The van der Waals surface area contributed by atoms with Crippen molar-refractivity contribution in [2.75, 3.05) is 5.75 Å². The van der Waals surface area contributed by atoms with E-state index < -0.39 is 0 Å². The van der Waals surface area contributed by atoms with Gasteiger partial charge in [-0.25, -0.2) is 9.97 Å². The minimum absolute atomic E-state index is 0.125. The van der Waals surface area contributed by atoms with Crippen LogP contribution in [0.15, 0.2) is 28.7 Å². The Morgan fingerprint density at radius 1 is 1.15 bits per heavy atom. The van der Waals surface area contributed by atoms with Gasteiger partial charge in [-0.15, -0.1) is 11.3 Å². The Labute approximate surface area is 162 Å². The molecule has 0 N–H and O–H groups in total. The highest BCUT2D eigenvalue weighted by Crippen LogP contribution is 2.23. The SMILES string of the molecule is Cc1nc(SCC(=O)c2cc(C)n(Cc3cccs3)c2C)nc(C)c1C. The second-order valence-electron chi connectivity index (χ2n) is 6.46. The first-order chi connectivity index (χ1) is 12.4. The van der Waals surface area contributed by atoms with Crippen molar-refractivity contribution in [1.82, 2.24) is 14.5 Å². The first-order valence-corrected chi connectivity index (χ1v) is 10.4. The van der Waals surface area contributed by atoms with E-state index in [0.29, 0.717) is 10.9 Å². The van der Waals surface area contributed by atoms with Gasteiger partial charge < -0.3 is 4.57 Å². The number of Topliss-reactive ketones (excluding diaryl/α,β-unsaturated/α-hetero) is 1. The van der Waals surface area contributed by atoms with E-state index in [4.69, 9.17) is 0 Å². The summed E-state index contributed by atoms with van der Waals surface area (Å²) >= 11 is 3.15. The highest BCUT2D eigenvalue weighted by atomic mass is 32.2. The minimum atomic E-state index is 0.125. The number of thiophene rings is 1. The van der Waals surface area contributed by atoms with E-state index in [2.05, 4.69) is 39.0 Å². The Morgan fingerprint density at radius 3 is 2.46 bits per heavy atom. The van der Waals surface area contributed by atoms with Crippen LogP contribution in [0.5, 0.6) is 0 Å². The van der Waals surface area contributed by atoms with Crippen LogP contribution in [-0.4, -0.2) is 26.1 Å². The van der Waals surface area contributed by atoms with Crippen LogP contribution in [0.2, 0.25) is 0 Å². The van der Waals surface area contributed by atoms with Gasteiger partial charge in [-0.05, 0) is 57.7 Å². The molecular formula is C20H23N3OS2. The largest absolute Gasteiger partial charge is 0.343 e. The van der Waals surface area contributed by atoms with Gasteiger partial charge in [0, 0.05) is 33.2 Å². The first-order valence-electron chi connectivity index (χ1n) is 8.53. The lowest BCUT2D eigenvalue weighted by Crippen LogP contribution is -2.08. The van der Waals surface area contributed by atoms with Gasteiger partial charge in [-0.1, -0.05) is 17.8 Å². The maximum absolute atomic E-state index is 12.8. The summed E-state index contributed by atoms with van der Waals surface area (Å²) in [5.74, 6) is 0.477. The van der Waals surface area contributed by atoms with E-state index in [0.717, 1.165) is 40.4 Å². The third-order valence-electron chi connectivity index (χ3n) is 4.71. The molecule has 0 saturated heterocycles. The predicted octanol–water partition coefficient (Wildman–Crippen LogP) is 4.91. The Kier molecular flexibility index (Phi) is 5.63. The molecule has 6 heteroatoms. The summed E-state index contributed by atoms with van der Waals surface area (Å²) in [5, 5.41) is 2.75. The van der Waals surface area contributed by atoms with E-state index in [1.54, 1.807) is 11.3 Å². The zero-order valence-electron chi connectivity index (χ0n) is 15.8. The lowest BCUT2D eigenvalue weighted by atomic mass is 10.2. The summed E-state index contributed by atoms with van der Waals surface area (Å²) in [6.07, 6.45) is 0. The molecule has 0 aliphatic rings. The van der Waals surface area contributed by atoms with Gasteiger partial charge in [0.2, 0.25) is 0 Å². The number of rotatable bonds is 6. The number of thioether (sulfide) groups is 1. The fraction of sp³-hybridized carbons (Fsp3) is 0.350. The summed E-state index contributed by atoms with van der Waals surface area (Å²) < 4.78 is 2.21. The molecule has 0 spiro atoms. The molecule has 0 atom stereocenters. The van der Waals surface area contributed by atoms with Crippen molar-refractivity contribution >= 4 is 28.9 Å². The summed E-state index contributed by atoms with van der Waals surface area (Å²) in [6.45, 7) is 10.9. The van der Waals surface area contributed by atoms with Gasteiger partial charge in [-0.3, -0.25) is 4.79 Å². The number of nitrogens with zero attached hydrogens (tertiary/aromatic N) is 3. The summed E-state index contributed by atoms with van der Waals surface area (Å²) in [5.41, 5.74) is 5.99. The van der Waals surface area contributed by atoms with Gasteiger partial charge >= 0.3 is 0 Å². The molecule has 3 heterocycles. The van der Waals surface area contributed by atoms with Crippen molar-refractivity contribution in [2.45, 2.75) is 46.3 Å². The normalized spacial score (nSPS) is 11.1. The zero-order chi connectivity index (χ0) is 18.8. The van der Waals surface area contributed by atoms with Crippen molar-refractivity contribution < 1.29 is 4.79 Å². The number of aryl methyl sites for hydroxylation is 3. The molecule has 4 nitrogen and oxygen atoms in total. The highest BCUT2D eigenvalue weighted by molar-refractivity contribution is 7.99. The van der Waals surface area contributed by atoms with Crippen LogP contribution in [0.25, 0.3) is 0 Å². The fourth-order valence-electron chi connectivity index (χ4n) is 2.90. The molecule has 26 heavy (non-hydrogen) atoms. The molecule has 0 bridgehead atoms. The predicted molar refractivity (Wildman–Crippen MR) is 109 cm³/mol. The standard InChI is InChI=1S/C20H23N3OS2/c1-12-9-18(16(5)23(12)10-17-7-6-8-25-17)19(24)11-26-20-21-14(3)13(2)15(4)22-20/h6-9H,10-11H2,1-5H3. The molecule has 3 rings (SSSR count). The monoisotopic (exact) mass is 385 g/mol. The fourth-order valence-corrected chi connectivity index (χ4v) is 4.41. The van der Waals surface area contributed by atoms with Crippen LogP contribution in [0.4, 0.5) is 0 Å². The van der Waals surface area contributed by atoms with Crippen molar-refractivity contribution in [1.29, 1.82) is 0 Å². The van der Waals surface area contributed by atoms with Gasteiger partial charge in [-0.2, -0.15) is 0 Å². The maximum Gasteiger partial charge on any atom is 0.188 e. The minimum Gasteiger partial charge on any atom is -0.343 e. The van der Waals surface area contributed by atoms with Gasteiger partial charge in [0.25, 0.3) is 0 Å². The molecule has 3 aromatic rings. The Morgan fingerprint density at radius 2 is 1.85 bits per heavy atom. The molecule has 0 radical (unpaired) electrons. The lowest BCUT2D eigenvalue weighted by molar-refractivity contribution is 0.102. The van der Waals surface area contributed by atoms with Crippen LogP contribution in [0.3, 0.4) is 0 Å². The number of aromatic nitrogens is 3. The summed E-state index contributed by atoms with van der Waals surface area (Å²) in [7, 11) is 0. The van der Waals surface area contributed by atoms with E-state index in [1.165, 1.54) is 16.6 Å². The molecule has 0 aliphatic carbocycles. The van der Waals surface area contributed by atoms with E-state index >= 15 is 0 Å². The molecular weight excluding hydrogens is 362 g/mol. The van der Waals surface area contributed by atoms with Crippen molar-refractivity contribution in [3.05, 3.63) is 62.4 Å². The Bertz CT molecular complexity index is 919. The average molecular weight is 386 g/mol. The van der Waals surface area contributed by atoms with Crippen molar-refractivity contribution in [3.63, 3.8) is 0 Å². The number of hydrogen-bond acceptors (Lipinski definition) is 5. The summed E-state index contributed by atoms with van der Waals surface area (Å²) in [6, 6.07) is 6.18. The van der Waals surface area contributed by atoms with Crippen molar-refractivity contribution in [2.24, 2.45) is 0 Å². The summed E-state index contributed by atoms with van der Waals surface area (Å²) in [4.78, 5) is 23.0. The number of hydrogen-bond donors (Lipinski definition) is 0. The smallest absolute Gasteiger partial charge is 0.188 e. The Balaban J connectivity index is 1.74. The number of carbonyl (C=O) groups is 1. The first kappa shape index (κ1) is 18.9. The van der Waals surface area contributed by atoms with Crippen LogP contribution in [0, 0.1) is 34.6 Å². The Hall–Kier alpha value is -1.92. The van der Waals surface area contributed by atoms with Crippen LogP contribution in [-0.2, 0) is 6.54 Å². The third-order valence-corrected chi connectivity index (χ3v) is 6.42. The zero-order valence-corrected chi connectivity index (χ0v) is 17.4. The van der Waals surface area contributed by atoms with Crippen LogP contribution >= 0.6 is 23.1 Å². The van der Waals surface area contributed by atoms with Gasteiger partial charge in [0.15, 0.2) is 10.9 Å². The van der Waals surface area contributed by atoms with Gasteiger partial charge in [0.1, 0.15) is 0 Å². The molecule has 0 aliphatic heterocycles. The molecule has 0 unspecified atom stereocenters. The van der Waals surface area contributed by atoms with Crippen LogP contribution in [0.1, 0.15) is 43.6 Å². The van der Waals surface area contributed by atoms with E-state index in [1.807, 2.05) is 33.8 Å². The van der Waals surface area contributed by atoms with E-state index in [-0.39, 0.29) is 5.78 Å². The molecule has 0 amide bonds. The molecule has 3 aromatic heterocycles. The quantitative estimate of drug-likeness (QED) is 0.344. The topological polar surface area (TPSA) is 47.8 Å². The second-order valence-corrected chi connectivity index (χ2v) is 8.44. The number of ketones is 1. The van der Waals surface area contributed by atoms with E-state index in [9.17, 15) is 4.79 Å². The maximum atomic E-state index is 12.8. The average Bonchev–Trinajstić information content (AvgIpc) is 3.21.